The molecule has 0 heterocycles. The van der Waals surface area contributed by atoms with Crippen molar-refractivity contribution in [2.45, 2.75) is 13.8 Å². The zero-order valence-electron chi connectivity index (χ0n) is 5.96. The Morgan fingerprint density at radius 3 is 2.40 bits per heavy atom. The van der Waals surface area contributed by atoms with Crippen LogP contribution in [0, 0.1) is 5.92 Å². The molecule has 0 aromatic rings. The van der Waals surface area contributed by atoms with Gasteiger partial charge in [-0.25, -0.2) is 0 Å². The van der Waals surface area contributed by atoms with Crippen molar-refractivity contribution in [3.8, 4) is 0 Å². The largest absolute Gasteiger partial charge is 0.481 e. The van der Waals surface area contributed by atoms with Crippen LogP contribution in [0.5, 0.6) is 0 Å². The molecule has 0 amide bonds. The minimum absolute atomic E-state index is 0.0342. The van der Waals surface area contributed by atoms with Gasteiger partial charge in [-0.15, -0.1) is 0 Å². The fourth-order valence-electron chi connectivity index (χ4n) is 0.314. The summed E-state index contributed by atoms with van der Waals surface area (Å²) in [6.45, 7) is 3.01. The van der Waals surface area contributed by atoms with Crippen LogP contribution in [0.2, 0.25) is 0 Å². The maximum absolute atomic E-state index is 10.3. The van der Waals surface area contributed by atoms with Crippen LogP contribution in [0.25, 0.3) is 0 Å². The average molecular weight is 162 g/mol. The molecule has 0 saturated heterocycles. The number of rotatable bonds is 3. The van der Waals surface area contributed by atoms with Crippen molar-refractivity contribution in [1.29, 1.82) is 0 Å². The first-order chi connectivity index (χ1) is 4.54. The summed E-state index contributed by atoms with van der Waals surface area (Å²) in [5.74, 6) is -0.923. The van der Waals surface area contributed by atoms with E-state index in [4.69, 9.17) is 5.11 Å². The van der Waals surface area contributed by atoms with E-state index >= 15 is 0 Å². The molecule has 0 aliphatic rings. The van der Waals surface area contributed by atoms with E-state index < -0.39 is 11.9 Å². The van der Waals surface area contributed by atoms with Crippen LogP contribution in [-0.4, -0.2) is 21.9 Å². The standard InChI is InChI=1S/C6H10O3S/c1-4(6(8)9)3-10-5(2)7/h4H,3H2,1-2H3,(H,8,9)/t4-/m0/s1. The number of thioether (sulfide) groups is 1. The first-order valence-electron chi connectivity index (χ1n) is 2.90. The summed E-state index contributed by atoms with van der Waals surface area (Å²) in [6, 6.07) is 0. The molecule has 0 bridgehead atoms. The van der Waals surface area contributed by atoms with Crippen LogP contribution in [-0.2, 0) is 9.59 Å². The number of hydrogen-bond donors (Lipinski definition) is 1. The van der Waals surface area contributed by atoms with Gasteiger partial charge < -0.3 is 5.11 Å². The lowest BCUT2D eigenvalue weighted by molar-refractivity contribution is -0.140. The van der Waals surface area contributed by atoms with Crippen molar-refractivity contribution in [2.24, 2.45) is 5.92 Å². The Labute approximate surface area is 63.8 Å². The van der Waals surface area contributed by atoms with Crippen molar-refractivity contribution < 1.29 is 14.7 Å². The normalized spacial score (nSPS) is 12.6. The van der Waals surface area contributed by atoms with Crippen LogP contribution in [0.1, 0.15) is 13.8 Å². The van der Waals surface area contributed by atoms with Crippen molar-refractivity contribution in [3.05, 3.63) is 0 Å². The van der Waals surface area contributed by atoms with E-state index in [-0.39, 0.29) is 5.12 Å². The third kappa shape index (κ3) is 4.38. The first-order valence-corrected chi connectivity index (χ1v) is 3.88. The number of carboxylic acid groups (broad SMARTS) is 1. The summed E-state index contributed by atoms with van der Waals surface area (Å²) in [7, 11) is 0. The molecule has 10 heavy (non-hydrogen) atoms. The van der Waals surface area contributed by atoms with E-state index in [9.17, 15) is 9.59 Å². The van der Waals surface area contributed by atoms with Gasteiger partial charge in [-0.1, -0.05) is 18.7 Å². The summed E-state index contributed by atoms with van der Waals surface area (Å²) in [6.07, 6.45) is 0. The topological polar surface area (TPSA) is 54.4 Å². The van der Waals surface area contributed by atoms with Gasteiger partial charge in [0.15, 0.2) is 5.12 Å². The van der Waals surface area contributed by atoms with Gasteiger partial charge in [0.25, 0.3) is 0 Å². The summed E-state index contributed by atoms with van der Waals surface area (Å²) in [4.78, 5) is 20.5. The molecule has 4 heteroatoms. The number of carbonyl (C=O) groups is 2. The Hall–Kier alpha value is -0.510. The molecule has 58 valence electrons. The molecular weight excluding hydrogens is 152 g/mol. The van der Waals surface area contributed by atoms with Gasteiger partial charge in [0.1, 0.15) is 0 Å². The molecule has 0 unspecified atom stereocenters. The molecule has 0 aliphatic heterocycles. The SMILES string of the molecule is CC(=O)SC[C@H](C)C(=O)O. The third-order valence-corrected chi connectivity index (χ3v) is 2.03. The number of carboxylic acids is 1. The van der Waals surface area contributed by atoms with Crippen LogP contribution in [0.3, 0.4) is 0 Å². The van der Waals surface area contributed by atoms with Gasteiger partial charge in [-0.05, 0) is 0 Å². The summed E-state index contributed by atoms with van der Waals surface area (Å²) in [5.41, 5.74) is 0. The fraction of sp³-hybridized carbons (Fsp3) is 0.667. The van der Waals surface area contributed by atoms with Crippen molar-refractivity contribution in [1.82, 2.24) is 0 Å². The maximum atomic E-state index is 10.3. The summed E-state index contributed by atoms with van der Waals surface area (Å²) in [5, 5.41) is 8.34. The molecule has 0 fully saturated rings. The maximum Gasteiger partial charge on any atom is 0.307 e. The lowest BCUT2D eigenvalue weighted by Crippen LogP contribution is -2.12. The second-order valence-corrected chi connectivity index (χ2v) is 3.24. The van der Waals surface area contributed by atoms with Crippen LogP contribution >= 0.6 is 11.8 Å². The third-order valence-electron chi connectivity index (χ3n) is 0.958. The predicted molar refractivity (Wildman–Crippen MR) is 39.9 cm³/mol. The molecule has 0 saturated carbocycles. The predicted octanol–water partition coefficient (Wildman–Crippen LogP) is 0.987. The highest BCUT2D eigenvalue weighted by molar-refractivity contribution is 8.13. The number of hydrogen-bond acceptors (Lipinski definition) is 3. The summed E-state index contributed by atoms with van der Waals surface area (Å²) < 4.78 is 0. The lowest BCUT2D eigenvalue weighted by Gasteiger charge is -2.01. The molecule has 1 atom stereocenters. The van der Waals surface area contributed by atoms with Gasteiger partial charge in [0, 0.05) is 12.7 Å². The quantitative estimate of drug-likeness (QED) is 0.672. The van der Waals surface area contributed by atoms with Crippen LogP contribution < -0.4 is 0 Å². The van der Waals surface area contributed by atoms with Crippen molar-refractivity contribution in [2.75, 3.05) is 5.75 Å². The molecule has 1 N–H and O–H groups in total. The highest BCUT2D eigenvalue weighted by atomic mass is 32.2. The van der Waals surface area contributed by atoms with Gasteiger partial charge in [-0.3, -0.25) is 9.59 Å². The molecule has 0 spiro atoms. The smallest absolute Gasteiger partial charge is 0.307 e. The number of aliphatic carboxylic acids is 1. The monoisotopic (exact) mass is 162 g/mol. The minimum atomic E-state index is -0.853. The van der Waals surface area contributed by atoms with Gasteiger partial charge in [0.05, 0.1) is 5.92 Å². The fourth-order valence-corrected chi connectivity index (χ4v) is 0.941. The van der Waals surface area contributed by atoms with E-state index in [1.165, 1.54) is 6.92 Å². The van der Waals surface area contributed by atoms with E-state index in [1.807, 2.05) is 0 Å². The Morgan fingerprint density at radius 1 is 1.60 bits per heavy atom. The zero-order chi connectivity index (χ0) is 8.15. The van der Waals surface area contributed by atoms with E-state index in [2.05, 4.69) is 0 Å². The Kier molecular flexibility index (Phi) is 4.11. The van der Waals surface area contributed by atoms with E-state index in [0.29, 0.717) is 5.75 Å². The Bertz CT molecular complexity index is 144. The van der Waals surface area contributed by atoms with Crippen LogP contribution in [0.4, 0.5) is 0 Å². The van der Waals surface area contributed by atoms with E-state index in [1.54, 1.807) is 6.92 Å². The Morgan fingerprint density at radius 2 is 2.10 bits per heavy atom. The Balaban J connectivity index is 3.49. The summed E-state index contributed by atoms with van der Waals surface area (Å²) >= 11 is 1.05. The zero-order valence-corrected chi connectivity index (χ0v) is 6.77. The molecule has 0 aliphatic carbocycles. The van der Waals surface area contributed by atoms with Gasteiger partial charge in [-0.2, -0.15) is 0 Å². The minimum Gasteiger partial charge on any atom is -0.481 e. The first kappa shape index (κ1) is 9.49. The average Bonchev–Trinajstić information content (AvgIpc) is 1.82. The van der Waals surface area contributed by atoms with Crippen molar-refractivity contribution >= 4 is 22.8 Å². The molecular formula is C6H10O3S. The van der Waals surface area contributed by atoms with Crippen LogP contribution in [0.15, 0.2) is 0 Å². The molecule has 0 rings (SSSR count). The van der Waals surface area contributed by atoms with Gasteiger partial charge >= 0.3 is 5.97 Å². The van der Waals surface area contributed by atoms with E-state index in [0.717, 1.165) is 11.8 Å². The highest BCUT2D eigenvalue weighted by Gasteiger charge is 2.11. The molecule has 3 nitrogen and oxygen atoms in total. The van der Waals surface area contributed by atoms with Crippen molar-refractivity contribution in [3.63, 3.8) is 0 Å². The second-order valence-electron chi connectivity index (χ2n) is 2.04. The highest BCUT2D eigenvalue weighted by Crippen LogP contribution is 2.08. The van der Waals surface area contributed by atoms with Gasteiger partial charge in [0.2, 0.25) is 0 Å². The molecule has 0 aromatic heterocycles. The second kappa shape index (κ2) is 4.33. The molecule has 0 aromatic carbocycles. The molecule has 0 radical (unpaired) electrons. The lowest BCUT2D eigenvalue weighted by atomic mass is 10.2. The number of carbonyl (C=O) groups excluding carboxylic acids is 1.